The number of aryl methyl sites for hydroxylation is 1. The third kappa shape index (κ3) is 4.42. The van der Waals surface area contributed by atoms with Crippen LogP contribution in [0.3, 0.4) is 0 Å². The molecule has 2 aromatic carbocycles. The Morgan fingerprint density at radius 3 is 2.48 bits per heavy atom. The summed E-state index contributed by atoms with van der Waals surface area (Å²) in [7, 11) is 1.60. The van der Waals surface area contributed by atoms with Crippen LogP contribution in [0.2, 0.25) is 0 Å². The van der Waals surface area contributed by atoms with Crippen molar-refractivity contribution in [3.8, 4) is 5.75 Å². The fourth-order valence-corrected chi connectivity index (χ4v) is 4.80. The molecule has 146 valence electrons. The molecule has 0 N–H and O–H groups in total. The minimum Gasteiger partial charge on any atom is -0.497 e. The molecule has 0 bridgehead atoms. The molecular formula is C22H17NO3S3. The lowest BCUT2D eigenvalue weighted by molar-refractivity contribution is -0.113. The van der Waals surface area contributed by atoms with Crippen LogP contribution in [0.15, 0.2) is 80.0 Å². The van der Waals surface area contributed by atoms with Crippen LogP contribution >= 0.6 is 35.7 Å². The lowest BCUT2D eigenvalue weighted by Gasteiger charge is -2.14. The second kappa shape index (κ2) is 8.49. The summed E-state index contributed by atoms with van der Waals surface area (Å²) in [6.45, 7) is 2.06. The van der Waals surface area contributed by atoms with Gasteiger partial charge in [0.15, 0.2) is 9.41 Å². The van der Waals surface area contributed by atoms with Crippen molar-refractivity contribution in [2.45, 2.75) is 16.9 Å². The molecule has 1 fully saturated rings. The maximum Gasteiger partial charge on any atom is 0.270 e. The number of anilines is 1. The molecule has 0 spiro atoms. The summed E-state index contributed by atoms with van der Waals surface area (Å²) in [5.41, 5.74) is 1.93. The molecule has 1 aliphatic rings. The van der Waals surface area contributed by atoms with Gasteiger partial charge >= 0.3 is 0 Å². The standard InChI is InChI=1S/C22H17NO3S3/c1-14-3-10-18(11-4-14)28-20-12-9-17(26-20)13-19-21(24)23(22(27)29-19)15-5-7-16(25-2)8-6-15/h3-13H,1-2H3/b19-13+. The molecular weight excluding hydrogens is 422 g/mol. The number of ether oxygens (including phenoxy) is 1. The zero-order valence-corrected chi connectivity index (χ0v) is 18.2. The molecule has 1 aliphatic heterocycles. The summed E-state index contributed by atoms with van der Waals surface area (Å²) in [5.74, 6) is 1.19. The number of rotatable bonds is 5. The zero-order chi connectivity index (χ0) is 20.4. The molecule has 0 atom stereocenters. The van der Waals surface area contributed by atoms with Crippen molar-refractivity contribution in [3.05, 3.63) is 76.9 Å². The Balaban J connectivity index is 1.51. The van der Waals surface area contributed by atoms with Crippen LogP contribution in [0.1, 0.15) is 11.3 Å². The number of amides is 1. The maximum absolute atomic E-state index is 12.9. The van der Waals surface area contributed by atoms with Gasteiger partial charge in [0, 0.05) is 11.0 Å². The molecule has 29 heavy (non-hydrogen) atoms. The van der Waals surface area contributed by atoms with Gasteiger partial charge in [0.2, 0.25) is 0 Å². The van der Waals surface area contributed by atoms with Crippen molar-refractivity contribution < 1.29 is 13.9 Å². The van der Waals surface area contributed by atoms with E-state index in [1.807, 2.05) is 24.3 Å². The lowest BCUT2D eigenvalue weighted by atomic mass is 10.2. The van der Waals surface area contributed by atoms with Crippen LogP contribution in [0, 0.1) is 6.92 Å². The van der Waals surface area contributed by atoms with Crippen molar-refractivity contribution in [2.24, 2.45) is 0 Å². The van der Waals surface area contributed by atoms with E-state index in [0.717, 1.165) is 15.7 Å². The van der Waals surface area contributed by atoms with E-state index in [0.29, 0.717) is 20.7 Å². The molecule has 1 saturated heterocycles. The molecule has 2 heterocycles. The summed E-state index contributed by atoms with van der Waals surface area (Å²) in [5, 5.41) is 0.769. The molecule has 0 saturated carbocycles. The Morgan fingerprint density at radius 1 is 1.07 bits per heavy atom. The molecule has 4 nitrogen and oxygen atoms in total. The molecule has 0 aliphatic carbocycles. The van der Waals surface area contributed by atoms with Crippen LogP contribution < -0.4 is 9.64 Å². The Kier molecular flexibility index (Phi) is 5.80. The number of nitrogens with zero attached hydrogens (tertiary/aromatic N) is 1. The number of thiocarbonyl (C=S) groups is 1. The molecule has 1 amide bonds. The molecule has 0 unspecified atom stereocenters. The van der Waals surface area contributed by atoms with Crippen LogP contribution in [0.25, 0.3) is 6.08 Å². The summed E-state index contributed by atoms with van der Waals surface area (Å²) >= 11 is 8.23. The second-order valence-corrected chi connectivity index (χ2v) is 9.04. The van der Waals surface area contributed by atoms with Crippen LogP contribution in [0.5, 0.6) is 5.75 Å². The number of hydrogen-bond acceptors (Lipinski definition) is 6. The van der Waals surface area contributed by atoms with E-state index >= 15 is 0 Å². The van der Waals surface area contributed by atoms with Gasteiger partial charge in [-0.05, 0) is 55.5 Å². The molecule has 7 heteroatoms. The summed E-state index contributed by atoms with van der Waals surface area (Å²) in [4.78, 5) is 16.0. The highest BCUT2D eigenvalue weighted by Gasteiger charge is 2.33. The number of hydrogen-bond donors (Lipinski definition) is 0. The molecule has 1 aromatic heterocycles. The number of thioether (sulfide) groups is 1. The average Bonchev–Trinajstić information content (AvgIpc) is 3.27. The first-order valence-electron chi connectivity index (χ1n) is 8.80. The highest BCUT2D eigenvalue weighted by molar-refractivity contribution is 8.27. The first kappa shape index (κ1) is 19.8. The van der Waals surface area contributed by atoms with Crippen molar-refractivity contribution in [3.63, 3.8) is 0 Å². The smallest absolute Gasteiger partial charge is 0.270 e. The number of methoxy groups -OCH3 is 1. The lowest BCUT2D eigenvalue weighted by Crippen LogP contribution is -2.27. The van der Waals surface area contributed by atoms with Gasteiger partial charge in [-0.1, -0.05) is 53.4 Å². The van der Waals surface area contributed by atoms with E-state index < -0.39 is 0 Å². The van der Waals surface area contributed by atoms with Crippen LogP contribution in [0.4, 0.5) is 5.69 Å². The highest BCUT2D eigenvalue weighted by Crippen LogP contribution is 2.37. The van der Waals surface area contributed by atoms with E-state index in [1.165, 1.54) is 22.2 Å². The summed E-state index contributed by atoms with van der Waals surface area (Å²) in [6.07, 6.45) is 1.74. The maximum atomic E-state index is 12.9. The fraction of sp³-hybridized carbons (Fsp3) is 0.0909. The normalized spacial score (nSPS) is 15.4. The third-order valence-corrected chi connectivity index (χ3v) is 6.47. The van der Waals surface area contributed by atoms with E-state index in [-0.39, 0.29) is 5.91 Å². The topological polar surface area (TPSA) is 42.7 Å². The Labute approximate surface area is 182 Å². The molecule has 4 rings (SSSR count). The van der Waals surface area contributed by atoms with Gasteiger partial charge in [-0.3, -0.25) is 9.69 Å². The summed E-state index contributed by atoms with van der Waals surface area (Å²) < 4.78 is 11.5. The van der Waals surface area contributed by atoms with E-state index in [9.17, 15) is 4.79 Å². The van der Waals surface area contributed by atoms with Gasteiger partial charge in [-0.2, -0.15) is 0 Å². The van der Waals surface area contributed by atoms with Gasteiger partial charge < -0.3 is 9.15 Å². The fourth-order valence-electron chi connectivity index (χ4n) is 2.74. The van der Waals surface area contributed by atoms with Crippen molar-refractivity contribution in [1.82, 2.24) is 0 Å². The quantitative estimate of drug-likeness (QED) is 0.351. The highest BCUT2D eigenvalue weighted by atomic mass is 32.2. The molecule has 0 radical (unpaired) electrons. The first-order valence-corrected chi connectivity index (χ1v) is 10.8. The minimum absolute atomic E-state index is 0.158. The van der Waals surface area contributed by atoms with Gasteiger partial charge in [0.25, 0.3) is 5.91 Å². The minimum atomic E-state index is -0.158. The number of carbonyl (C=O) groups excluding carboxylic acids is 1. The number of carbonyl (C=O) groups is 1. The number of benzene rings is 2. The monoisotopic (exact) mass is 439 g/mol. The van der Waals surface area contributed by atoms with E-state index in [1.54, 1.807) is 37.1 Å². The van der Waals surface area contributed by atoms with Gasteiger partial charge in [-0.25, -0.2) is 0 Å². The Hall–Kier alpha value is -2.48. The van der Waals surface area contributed by atoms with Crippen molar-refractivity contribution in [2.75, 3.05) is 12.0 Å². The summed E-state index contributed by atoms with van der Waals surface area (Å²) in [6, 6.07) is 19.2. The third-order valence-electron chi connectivity index (χ3n) is 4.24. The average molecular weight is 440 g/mol. The van der Waals surface area contributed by atoms with E-state index in [2.05, 4.69) is 31.2 Å². The largest absolute Gasteiger partial charge is 0.497 e. The van der Waals surface area contributed by atoms with E-state index in [4.69, 9.17) is 21.4 Å². The SMILES string of the molecule is COc1ccc(N2C(=O)/C(=C\c3ccc(Sc4ccc(C)cc4)o3)SC2=S)cc1. The molecule has 3 aromatic rings. The Morgan fingerprint density at radius 2 is 1.79 bits per heavy atom. The second-order valence-electron chi connectivity index (χ2n) is 6.29. The van der Waals surface area contributed by atoms with Gasteiger partial charge in [0.1, 0.15) is 11.5 Å². The van der Waals surface area contributed by atoms with Gasteiger partial charge in [-0.15, -0.1) is 0 Å². The van der Waals surface area contributed by atoms with Gasteiger partial charge in [0.05, 0.1) is 17.7 Å². The Bertz CT molecular complexity index is 1090. The first-order chi connectivity index (χ1) is 14.0. The van der Waals surface area contributed by atoms with Crippen molar-refractivity contribution in [1.29, 1.82) is 0 Å². The van der Waals surface area contributed by atoms with Crippen LogP contribution in [-0.4, -0.2) is 17.3 Å². The predicted molar refractivity (Wildman–Crippen MR) is 123 cm³/mol. The zero-order valence-electron chi connectivity index (χ0n) is 15.7. The van der Waals surface area contributed by atoms with Crippen molar-refractivity contribution >= 4 is 57.7 Å². The number of furan rings is 1. The predicted octanol–water partition coefficient (Wildman–Crippen LogP) is 6.15. The van der Waals surface area contributed by atoms with Crippen LogP contribution in [-0.2, 0) is 4.79 Å².